The fraction of sp³-hybridized carbons (Fsp3) is 0.353. The largest absolute Gasteiger partial charge is 0.467 e. The van der Waals surface area contributed by atoms with E-state index in [9.17, 15) is 27.6 Å². The lowest BCUT2D eigenvalue weighted by Crippen LogP contribution is -2.47. The predicted molar refractivity (Wildman–Crippen MR) is 168 cm³/mol. The van der Waals surface area contributed by atoms with Crippen LogP contribution in [0.1, 0.15) is 41.0 Å². The number of carbonyl (C=O) groups excluding carboxylic acids is 2. The number of nitrogens with one attached hydrogen (secondary N) is 1. The van der Waals surface area contributed by atoms with Crippen molar-refractivity contribution in [2.24, 2.45) is 7.05 Å². The number of esters is 1. The third kappa shape index (κ3) is 6.61. The second-order valence-electron chi connectivity index (χ2n) is 11.8. The van der Waals surface area contributed by atoms with E-state index in [0.29, 0.717) is 18.7 Å². The minimum Gasteiger partial charge on any atom is -0.467 e. The van der Waals surface area contributed by atoms with Crippen LogP contribution in [0.15, 0.2) is 53.5 Å². The van der Waals surface area contributed by atoms with Gasteiger partial charge in [0, 0.05) is 54.6 Å². The van der Waals surface area contributed by atoms with Crippen molar-refractivity contribution in [3.05, 3.63) is 93.0 Å². The van der Waals surface area contributed by atoms with E-state index < -0.39 is 58.0 Å². The molecular formula is C34H33F5N4O5. The number of amides is 1. The van der Waals surface area contributed by atoms with Crippen molar-refractivity contribution >= 4 is 28.5 Å². The molecule has 1 aliphatic rings. The Morgan fingerprint density at radius 2 is 1.81 bits per heavy atom. The topological polar surface area (TPSA) is 103 Å². The van der Waals surface area contributed by atoms with Gasteiger partial charge in [-0.3, -0.25) is 14.6 Å². The van der Waals surface area contributed by atoms with E-state index in [0.717, 1.165) is 29.9 Å². The van der Waals surface area contributed by atoms with E-state index in [2.05, 4.69) is 10.3 Å². The lowest BCUT2D eigenvalue weighted by Gasteiger charge is -2.38. The molecule has 14 heteroatoms. The molecule has 1 aliphatic heterocycles. The summed E-state index contributed by atoms with van der Waals surface area (Å²) in [4.78, 5) is 45.3. The van der Waals surface area contributed by atoms with Crippen LogP contribution in [-0.2, 0) is 33.9 Å². The fourth-order valence-corrected chi connectivity index (χ4v) is 5.91. The maximum absolute atomic E-state index is 15.3. The number of rotatable bonds is 7. The number of fused-ring (bicyclic) bond motifs is 1. The predicted octanol–water partition coefficient (Wildman–Crippen LogP) is 5.33. The van der Waals surface area contributed by atoms with Gasteiger partial charge in [0.1, 0.15) is 23.2 Å². The first kappa shape index (κ1) is 34.5. The summed E-state index contributed by atoms with van der Waals surface area (Å²) < 4.78 is 84.6. The van der Waals surface area contributed by atoms with Crippen LogP contribution >= 0.6 is 0 Å². The summed E-state index contributed by atoms with van der Waals surface area (Å²) in [5.74, 6) is -4.44. The van der Waals surface area contributed by atoms with Crippen LogP contribution in [0, 0.1) is 18.6 Å². The number of morpholine rings is 1. The van der Waals surface area contributed by atoms with E-state index in [4.69, 9.17) is 9.47 Å². The second kappa shape index (κ2) is 13.3. The molecule has 1 N–H and O–H groups in total. The van der Waals surface area contributed by atoms with Crippen molar-refractivity contribution in [1.29, 1.82) is 0 Å². The molecule has 1 amide bonds. The van der Waals surface area contributed by atoms with Crippen molar-refractivity contribution in [3.8, 4) is 11.1 Å². The Morgan fingerprint density at radius 3 is 2.46 bits per heavy atom. The fourth-order valence-electron chi connectivity index (χ4n) is 5.91. The molecule has 1 fully saturated rings. The molecule has 1 saturated heterocycles. The van der Waals surface area contributed by atoms with E-state index in [-0.39, 0.29) is 46.4 Å². The molecular weight excluding hydrogens is 639 g/mol. The number of benzene rings is 2. The van der Waals surface area contributed by atoms with Crippen LogP contribution in [0.5, 0.6) is 0 Å². The first-order valence-electron chi connectivity index (χ1n) is 15.0. The number of nitrogens with zero attached hydrogens (tertiary/aromatic N) is 3. The Bertz CT molecular complexity index is 1940. The number of carbonyl (C=O) groups is 2. The molecule has 9 nitrogen and oxygen atoms in total. The van der Waals surface area contributed by atoms with Crippen LogP contribution in [0.4, 0.5) is 27.6 Å². The van der Waals surface area contributed by atoms with Crippen molar-refractivity contribution in [2.45, 2.75) is 51.6 Å². The molecule has 3 atom stereocenters. The number of aromatic nitrogens is 2. The summed E-state index contributed by atoms with van der Waals surface area (Å²) in [5, 5.41) is 2.62. The smallest absolute Gasteiger partial charge is 0.417 e. The number of anilines is 1. The summed E-state index contributed by atoms with van der Waals surface area (Å²) in [6, 6.07) is 7.08. The van der Waals surface area contributed by atoms with Gasteiger partial charge in [-0.1, -0.05) is 18.2 Å². The van der Waals surface area contributed by atoms with Gasteiger partial charge in [-0.25, -0.2) is 13.6 Å². The molecule has 2 aromatic carbocycles. The minimum atomic E-state index is -4.85. The number of methoxy groups -OCH3 is 1. The van der Waals surface area contributed by atoms with E-state index in [1.807, 2.05) is 13.8 Å². The average molecular weight is 673 g/mol. The summed E-state index contributed by atoms with van der Waals surface area (Å²) in [6.45, 7) is 5.79. The zero-order chi connectivity index (χ0) is 35.1. The lowest BCUT2D eigenvalue weighted by atomic mass is 9.93. The van der Waals surface area contributed by atoms with Gasteiger partial charge in [0.05, 0.1) is 36.5 Å². The van der Waals surface area contributed by atoms with Crippen LogP contribution in [-0.4, -0.2) is 59.9 Å². The Morgan fingerprint density at radius 1 is 1.12 bits per heavy atom. The minimum absolute atomic E-state index is 0.0377. The molecule has 5 rings (SSSR count). The molecule has 0 unspecified atom stereocenters. The molecule has 4 aromatic rings. The molecule has 48 heavy (non-hydrogen) atoms. The quantitative estimate of drug-likeness (QED) is 0.209. The number of alkyl halides is 3. The van der Waals surface area contributed by atoms with Gasteiger partial charge in [0.2, 0.25) is 0 Å². The van der Waals surface area contributed by atoms with Gasteiger partial charge in [0.15, 0.2) is 0 Å². The Labute approximate surface area is 272 Å². The van der Waals surface area contributed by atoms with Crippen molar-refractivity contribution in [2.75, 3.05) is 25.2 Å². The second-order valence-corrected chi connectivity index (χ2v) is 11.8. The molecule has 0 radical (unpaired) electrons. The number of pyridine rings is 2. The van der Waals surface area contributed by atoms with Gasteiger partial charge < -0.3 is 24.3 Å². The van der Waals surface area contributed by atoms with Crippen LogP contribution in [0.3, 0.4) is 0 Å². The van der Waals surface area contributed by atoms with Gasteiger partial charge >= 0.3 is 12.1 Å². The zero-order valence-corrected chi connectivity index (χ0v) is 26.7. The molecule has 254 valence electrons. The van der Waals surface area contributed by atoms with Gasteiger partial charge in [0.25, 0.3) is 11.5 Å². The average Bonchev–Trinajstić information content (AvgIpc) is 3.03. The first-order valence-corrected chi connectivity index (χ1v) is 15.0. The molecule has 0 spiro atoms. The monoisotopic (exact) mass is 672 g/mol. The lowest BCUT2D eigenvalue weighted by molar-refractivity contribution is -0.143. The summed E-state index contributed by atoms with van der Waals surface area (Å²) >= 11 is 0. The Balaban J connectivity index is 1.51. The molecule has 2 aromatic heterocycles. The molecule has 0 saturated carbocycles. The number of aryl methyl sites for hydroxylation is 1. The third-order valence-electron chi connectivity index (χ3n) is 8.51. The van der Waals surface area contributed by atoms with E-state index in [1.165, 1.54) is 44.4 Å². The van der Waals surface area contributed by atoms with Crippen molar-refractivity contribution in [1.82, 2.24) is 14.9 Å². The number of hydrogen-bond donors (Lipinski definition) is 1. The summed E-state index contributed by atoms with van der Waals surface area (Å²) in [7, 11) is 2.42. The maximum Gasteiger partial charge on any atom is 0.417 e. The standard InChI is InChI=1S/C34H33F5N4O5/c1-17-11-24(34(37,38)39)28(32(45)42(17)4)23-9-8-20(22-7-6-10-40-30(22)23)12-27(33(46)47-5)41-31(44)29-25(35)13-21(14-26(29)36)43-15-19(3)48-16-18(43)2/h6-11,13-14,18-19,27H,12,15-16H2,1-5H3,(H,41,44)/t18-,19+,27-/m0/s1. The van der Waals surface area contributed by atoms with Crippen LogP contribution < -0.4 is 15.8 Å². The molecule has 3 heterocycles. The zero-order valence-electron chi connectivity index (χ0n) is 26.7. The molecule has 0 bridgehead atoms. The van der Waals surface area contributed by atoms with Crippen molar-refractivity contribution < 1.29 is 41.0 Å². The SMILES string of the molecule is COC(=O)[C@H](Cc1ccc(-c2c(C(F)(F)F)cc(C)n(C)c2=O)c2ncccc12)NC(=O)c1c(F)cc(N2C[C@@H](C)OC[C@@H]2C)cc1F. The highest BCUT2D eigenvalue weighted by atomic mass is 19.4. The normalized spacial score (nSPS) is 17.3. The number of ether oxygens (including phenoxy) is 2. The van der Waals surface area contributed by atoms with Crippen LogP contribution in [0.2, 0.25) is 0 Å². The Kier molecular flexibility index (Phi) is 9.58. The highest BCUT2D eigenvalue weighted by molar-refractivity contribution is 5.99. The first-order chi connectivity index (χ1) is 22.6. The van der Waals surface area contributed by atoms with E-state index >= 15 is 8.78 Å². The number of halogens is 5. The van der Waals surface area contributed by atoms with Gasteiger partial charge in [-0.05, 0) is 50.6 Å². The highest BCUT2D eigenvalue weighted by Crippen LogP contribution is 2.38. The maximum atomic E-state index is 15.3. The van der Waals surface area contributed by atoms with Gasteiger partial charge in [-0.15, -0.1) is 0 Å². The molecule has 0 aliphatic carbocycles. The van der Waals surface area contributed by atoms with Crippen LogP contribution in [0.25, 0.3) is 22.0 Å². The van der Waals surface area contributed by atoms with Gasteiger partial charge in [-0.2, -0.15) is 13.2 Å². The van der Waals surface area contributed by atoms with Crippen molar-refractivity contribution in [3.63, 3.8) is 0 Å². The summed E-state index contributed by atoms with van der Waals surface area (Å²) in [5.41, 5.74) is -2.90. The highest BCUT2D eigenvalue weighted by Gasteiger charge is 2.37. The Hall–Kier alpha value is -4.85. The third-order valence-corrected chi connectivity index (χ3v) is 8.51. The van der Waals surface area contributed by atoms with E-state index in [1.54, 1.807) is 4.90 Å². The number of hydrogen-bond acceptors (Lipinski definition) is 7. The summed E-state index contributed by atoms with van der Waals surface area (Å²) in [6.07, 6.45) is -3.97.